The lowest BCUT2D eigenvalue weighted by Gasteiger charge is -2.06. The second-order valence-electron chi connectivity index (χ2n) is 2.72. The lowest BCUT2D eigenvalue weighted by molar-refractivity contribution is 0.0945. The van der Waals surface area contributed by atoms with Gasteiger partial charge in [-0.05, 0) is 19.1 Å². The minimum absolute atomic E-state index is 0.0581. The highest BCUT2D eigenvalue weighted by atomic mass is 16.1. The molecule has 0 atom stereocenters. The van der Waals surface area contributed by atoms with E-state index >= 15 is 0 Å². The maximum absolute atomic E-state index is 11.5. The maximum atomic E-state index is 11.5. The van der Waals surface area contributed by atoms with E-state index in [-0.39, 0.29) is 5.91 Å². The van der Waals surface area contributed by atoms with Crippen molar-refractivity contribution in [2.45, 2.75) is 13.5 Å². The van der Waals surface area contributed by atoms with Crippen LogP contribution in [0.1, 0.15) is 17.4 Å². The molecule has 1 aromatic rings. The predicted molar refractivity (Wildman–Crippen MR) is 51.5 cm³/mol. The second kappa shape index (κ2) is 4.67. The lowest BCUT2D eigenvalue weighted by Crippen LogP contribution is -2.30. The fourth-order valence-corrected chi connectivity index (χ4v) is 1.17. The Kier molecular flexibility index (Phi) is 3.52. The van der Waals surface area contributed by atoms with Crippen LogP contribution in [0.3, 0.4) is 0 Å². The molecular formula is C9H15N3O. The molecule has 72 valence electrons. The van der Waals surface area contributed by atoms with Gasteiger partial charge in [0.25, 0.3) is 5.91 Å². The van der Waals surface area contributed by atoms with Crippen molar-refractivity contribution in [1.82, 2.24) is 9.88 Å². The third kappa shape index (κ3) is 2.32. The maximum Gasteiger partial charge on any atom is 0.267 e. The standard InChI is InChI=1S/C9H15N3O/c1-2-12-7-3-4-8(12)9(13)11-6-5-10/h3-4,7H,2,5-6,10H2,1H3,(H,11,13). The quantitative estimate of drug-likeness (QED) is 0.697. The van der Waals surface area contributed by atoms with Gasteiger partial charge in [-0.15, -0.1) is 0 Å². The molecule has 0 radical (unpaired) electrons. The Hall–Kier alpha value is -1.29. The van der Waals surface area contributed by atoms with E-state index in [1.54, 1.807) is 6.07 Å². The summed E-state index contributed by atoms with van der Waals surface area (Å²) >= 11 is 0. The number of aryl methyl sites for hydroxylation is 1. The van der Waals surface area contributed by atoms with Crippen molar-refractivity contribution in [1.29, 1.82) is 0 Å². The number of nitrogens with two attached hydrogens (primary N) is 1. The smallest absolute Gasteiger partial charge is 0.267 e. The first-order chi connectivity index (χ1) is 6.29. The Morgan fingerprint density at radius 3 is 3.08 bits per heavy atom. The van der Waals surface area contributed by atoms with E-state index in [1.807, 2.05) is 23.8 Å². The monoisotopic (exact) mass is 181 g/mol. The van der Waals surface area contributed by atoms with Crippen LogP contribution in [0.25, 0.3) is 0 Å². The largest absolute Gasteiger partial charge is 0.349 e. The van der Waals surface area contributed by atoms with Crippen LogP contribution in [0.2, 0.25) is 0 Å². The molecule has 0 saturated carbocycles. The van der Waals surface area contributed by atoms with Crippen LogP contribution in [-0.2, 0) is 6.54 Å². The van der Waals surface area contributed by atoms with Crippen molar-refractivity contribution < 1.29 is 4.79 Å². The third-order valence-corrected chi connectivity index (χ3v) is 1.83. The number of carbonyl (C=O) groups is 1. The molecule has 0 aliphatic heterocycles. The van der Waals surface area contributed by atoms with E-state index in [0.717, 1.165) is 6.54 Å². The molecule has 1 rings (SSSR count). The fraction of sp³-hybridized carbons (Fsp3) is 0.444. The molecular weight excluding hydrogens is 166 g/mol. The van der Waals surface area contributed by atoms with Crippen molar-refractivity contribution in [2.75, 3.05) is 13.1 Å². The van der Waals surface area contributed by atoms with Crippen molar-refractivity contribution in [3.63, 3.8) is 0 Å². The first-order valence-corrected chi connectivity index (χ1v) is 4.43. The van der Waals surface area contributed by atoms with Gasteiger partial charge in [0.15, 0.2) is 0 Å². The summed E-state index contributed by atoms with van der Waals surface area (Å²) in [6.45, 7) is 3.80. The summed E-state index contributed by atoms with van der Waals surface area (Å²) in [7, 11) is 0. The average molecular weight is 181 g/mol. The summed E-state index contributed by atoms with van der Waals surface area (Å²) in [5.41, 5.74) is 5.97. The number of carbonyl (C=O) groups excluding carboxylic acids is 1. The minimum atomic E-state index is -0.0581. The zero-order valence-electron chi connectivity index (χ0n) is 7.79. The minimum Gasteiger partial charge on any atom is -0.349 e. The van der Waals surface area contributed by atoms with Gasteiger partial charge in [0.05, 0.1) is 0 Å². The van der Waals surface area contributed by atoms with Gasteiger partial charge in [0, 0.05) is 25.8 Å². The van der Waals surface area contributed by atoms with E-state index in [1.165, 1.54) is 0 Å². The van der Waals surface area contributed by atoms with Crippen molar-refractivity contribution in [3.05, 3.63) is 24.0 Å². The highest BCUT2D eigenvalue weighted by molar-refractivity contribution is 5.92. The zero-order chi connectivity index (χ0) is 9.68. The molecule has 0 bridgehead atoms. The van der Waals surface area contributed by atoms with Gasteiger partial charge in [-0.25, -0.2) is 0 Å². The number of nitrogens with one attached hydrogen (secondary N) is 1. The average Bonchev–Trinajstić information content (AvgIpc) is 2.61. The van der Waals surface area contributed by atoms with Crippen LogP contribution < -0.4 is 11.1 Å². The van der Waals surface area contributed by atoms with Gasteiger partial charge in [0.2, 0.25) is 0 Å². The molecule has 1 aromatic heterocycles. The van der Waals surface area contributed by atoms with Gasteiger partial charge in [-0.2, -0.15) is 0 Å². The summed E-state index contributed by atoms with van der Waals surface area (Å²) in [4.78, 5) is 11.5. The number of nitrogens with zero attached hydrogens (tertiary/aromatic N) is 1. The van der Waals surface area contributed by atoms with E-state index < -0.39 is 0 Å². The zero-order valence-corrected chi connectivity index (χ0v) is 7.79. The van der Waals surface area contributed by atoms with Crippen LogP contribution in [0, 0.1) is 0 Å². The first kappa shape index (κ1) is 9.80. The van der Waals surface area contributed by atoms with Crippen molar-refractivity contribution in [2.24, 2.45) is 5.73 Å². The molecule has 0 spiro atoms. The Morgan fingerprint density at radius 2 is 2.46 bits per heavy atom. The molecule has 13 heavy (non-hydrogen) atoms. The molecule has 3 N–H and O–H groups in total. The molecule has 0 aromatic carbocycles. The lowest BCUT2D eigenvalue weighted by atomic mass is 10.4. The van der Waals surface area contributed by atoms with Gasteiger partial charge in [-0.1, -0.05) is 0 Å². The normalized spacial score (nSPS) is 10.0. The Morgan fingerprint density at radius 1 is 1.69 bits per heavy atom. The Balaban J connectivity index is 2.65. The fourth-order valence-electron chi connectivity index (χ4n) is 1.17. The molecule has 0 fully saturated rings. The second-order valence-corrected chi connectivity index (χ2v) is 2.72. The molecule has 1 heterocycles. The molecule has 0 saturated heterocycles. The van der Waals surface area contributed by atoms with Crippen molar-refractivity contribution >= 4 is 5.91 Å². The summed E-state index contributed by atoms with van der Waals surface area (Å²) < 4.78 is 1.89. The molecule has 4 heteroatoms. The molecule has 4 nitrogen and oxygen atoms in total. The van der Waals surface area contributed by atoms with Crippen LogP contribution >= 0.6 is 0 Å². The van der Waals surface area contributed by atoms with E-state index in [2.05, 4.69) is 5.32 Å². The van der Waals surface area contributed by atoms with Gasteiger partial charge < -0.3 is 15.6 Å². The van der Waals surface area contributed by atoms with Gasteiger partial charge >= 0.3 is 0 Å². The summed E-state index contributed by atoms with van der Waals surface area (Å²) in [5.74, 6) is -0.0581. The van der Waals surface area contributed by atoms with Crippen LogP contribution in [0.4, 0.5) is 0 Å². The number of hydrogen-bond acceptors (Lipinski definition) is 2. The number of aromatic nitrogens is 1. The molecule has 0 unspecified atom stereocenters. The summed E-state index contributed by atoms with van der Waals surface area (Å²) in [5, 5.41) is 2.72. The first-order valence-electron chi connectivity index (χ1n) is 4.43. The van der Waals surface area contributed by atoms with Crippen LogP contribution in [0.5, 0.6) is 0 Å². The summed E-state index contributed by atoms with van der Waals surface area (Å²) in [6.07, 6.45) is 1.89. The predicted octanol–water partition coefficient (Wildman–Crippen LogP) is 0.197. The van der Waals surface area contributed by atoms with Crippen molar-refractivity contribution in [3.8, 4) is 0 Å². The Labute approximate surface area is 77.7 Å². The van der Waals surface area contributed by atoms with Crippen LogP contribution in [0.15, 0.2) is 18.3 Å². The molecule has 0 aliphatic carbocycles. The molecule has 0 aliphatic rings. The third-order valence-electron chi connectivity index (χ3n) is 1.83. The summed E-state index contributed by atoms with van der Waals surface area (Å²) in [6, 6.07) is 3.66. The van der Waals surface area contributed by atoms with Crippen LogP contribution in [-0.4, -0.2) is 23.6 Å². The number of amides is 1. The number of hydrogen-bond donors (Lipinski definition) is 2. The SMILES string of the molecule is CCn1cccc1C(=O)NCCN. The van der Waals surface area contributed by atoms with Gasteiger partial charge in [0.1, 0.15) is 5.69 Å². The van der Waals surface area contributed by atoms with E-state index in [0.29, 0.717) is 18.8 Å². The highest BCUT2D eigenvalue weighted by Crippen LogP contribution is 2.01. The van der Waals surface area contributed by atoms with E-state index in [4.69, 9.17) is 5.73 Å². The highest BCUT2D eigenvalue weighted by Gasteiger charge is 2.07. The molecule has 1 amide bonds. The van der Waals surface area contributed by atoms with E-state index in [9.17, 15) is 4.79 Å². The number of rotatable bonds is 4. The Bertz CT molecular complexity index is 280. The topological polar surface area (TPSA) is 60.0 Å². The van der Waals surface area contributed by atoms with Gasteiger partial charge in [-0.3, -0.25) is 4.79 Å².